The Bertz CT molecular complexity index is 1250. The first kappa shape index (κ1) is 21.6. The standard InChI is InChI=1S/C25H27N5O3S/c1-30-8-6-25(33,23(30)32)16-4-2-3-15(12-16)22-27-20(13-34-22)18-5-7-26-24(28-18)29-19-10-14-9-17(19)21(31)11-14/h2-5,7,12-14,17,19,21,31,33H,6,8-11H2,1H3,(H,26,28,29). The number of thiazole rings is 1. The van der Waals surface area contributed by atoms with E-state index >= 15 is 0 Å². The highest BCUT2D eigenvalue weighted by molar-refractivity contribution is 7.13. The van der Waals surface area contributed by atoms with Crippen LogP contribution in [0.15, 0.2) is 41.9 Å². The first-order valence-corrected chi connectivity index (χ1v) is 12.6. The van der Waals surface area contributed by atoms with E-state index in [1.807, 2.05) is 29.6 Å². The molecule has 5 unspecified atom stereocenters. The van der Waals surface area contributed by atoms with Crippen LogP contribution in [0.3, 0.4) is 0 Å². The maximum atomic E-state index is 12.5. The van der Waals surface area contributed by atoms with Crippen molar-refractivity contribution < 1.29 is 15.0 Å². The number of amides is 1. The number of likely N-dealkylation sites (N-methyl/N-ethyl adjacent to an activating group) is 1. The van der Waals surface area contributed by atoms with Crippen LogP contribution in [0.5, 0.6) is 0 Å². The van der Waals surface area contributed by atoms with Crippen LogP contribution in [0.2, 0.25) is 0 Å². The molecule has 6 rings (SSSR count). The van der Waals surface area contributed by atoms with E-state index in [0.29, 0.717) is 30.4 Å². The third-order valence-corrected chi connectivity index (χ3v) is 8.50. The van der Waals surface area contributed by atoms with Gasteiger partial charge in [-0.1, -0.05) is 18.2 Å². The van der Waals surface area contributed by atoms with E-state index in [1.165, 1.54) is 11.3 Å². The zero-order valence-corrected chi connectivity index (χ0v) is 19.7. The molecule has 2 saturated carbocycles. The minimum Gasteiger partial charge on any atom is -0.393 e. The summed E-state index contributed by atoms with van der Waals surface area (Å²) < 4.78 is 0. The summed E-state index contributed by atoms with van der Waals surface area (Å²) in [4.78, 5) is 27.9. The van der Waals surface area contributed by atoms with Crippen LogP contribution in [0.4, 0.5) is 5.95 Å². The molecule has 5 atom stereocenters. The first-order chi connectivity index (χ1) is 16.4. The van der Waals surface area contributed by atoms with Crippen molar-refractivity contribution in [3.05, 3.63) is 47.5 Å². The Morgan fingerprint density at radius 3 is 2.82 bits per heavy atom. The number of aliphatic hydroxyl groups is 2. The molecule has 1 aromatic carbocycles. The smallest absolute Gasteiger partial charge is 0.258 e. The second-order valence-electron chi connectivity index (χ2n) is 9.78. The van der Waals surface area contributed by atoms with E-state index in [1.54, 1.807) is 24.2 Å². The van der Waals surface area contributed by atoms with Crippen molar-refractivity contribution in [1.29, 1.82) is 0 Å². The molecule has 8 nitrogen and oxygen atoms in total. The summed E-state index contributed by atoms with van der Waals surface area (Å²) in [7, 11) is 1.71. The molecule has 1 amide bonds. The maximum absolute atomic E-state index is 12.5. The molecule has 3 aliphatic rings. The maximum Gasteiger partial charge on any atom is 0.258 e. The number of aromatic nitrogens is 3. The second-order valence-corrected chi connectivity index (χ2v) is 10.6. The van der Waals surface area contributed by atoms with Gasteiger partial charge in [0.1, 0.15) is 10.7 Å². The lowest BCUT2D eigenvalue weighted by atomic mass is 9.91. The second kappa shape index (κ2) is 8.11. The van der Waals surface area contributed by atoms with E-state index in [4.69, 9.17) is 4.98 Å². The largest absolute Gasteiger partial charge is 0.393 e. The van der Waals surface area contributed by atoms with Gasteiger partial charge in [-0.3, -0.25) is 4.79 Å². The molecule has 1 aliphatic heterocycles. The van der Waals surface area contributed by atoms with Gasteiger partial charge >= 0.3 is 0 Å². The zero-order valence-electron chi connectivity index (χ0n) is 18.9. The summed E-state index contributed by atoms with van der Waals surface area (Å²) in [6.45, 7) is 0.534. The van der Waals surface area contributed by atoms with Crippen LogP contribution in [0.1, 0.15) is 31.2 Å². The summed E-state index contributed by atoms with van der Waals surface area (Å²) in [5, 5.41) is 27.4. The molecule has 3 heterocycles. The number of carbonyl (C=O) groups is 1. The van der Waals surface area contributed by atoms with Gasteiger partial charge in [-0.2, -0.15) is 0 Å². The predicted octanol–water partition coefficient (Wildman–Crippen LogP) is 2.89. The Morgan fingerprint density at radius 1 is 1.18 bits per heavy atom. The molecule has 176 valence electrons. The number of rotatable bonds is 5. The number of fused-ring (bicyclic) bond motifs is 2. The highest BCUT2D eigenvalue weighted by Gasteiger charge is 2.46. The summed E-state index contributed by atoms with van der Waals surface area (Å²) in [6, 6.07) is 9.49. The molecule has 0 spiro atoms. The average molecular weight is 478 g/mol. The Kier molecular flexibility index (Phi) is 5.16. The number of aliphatic hydroxyl groups excluding tert-OH is 1. The molecule has 2 bridgehead atoms. The zero-order chi connectivity index (χ0) is 23.4. The Hall–Kier alpha value is -2.88. The van der Waals surface area contributed by atoms with Gasteiger partial charge in [0.05, 0.1) is 11.8 Å². The van der Waals surface area contributed by atoms with E-state index in [-0.39, 0.29) is 24.0 Å². The van der Waals surface area contributed by atoms with Crippen molar-refractivity contribution in [1.82, 2.24) is 19.9 Å². The van der Waals surface area contributed by atoms with Crippen LogP contribution < -0.4 is 5.32 Å². The van der Waals surface area contributed by atoms with Crippen LogP contribution >= 0.6 is 11.3 Å². The molecule has 3 N–H and O–H groups in total. The van der Waals surface area contributed by atoms with Crippen molar-refractivity contribution in [3.8, 4) is 22.0 Å². The third-order valence-electron chi connectivity index (χ3n) is 7.61. The van der Waals surface area contributed by atoms with Crippen molar-refractivity contribution in [2.45, 2.75) is 43.4 Å². The molecule has 1 saturated heterocycles. The molecule has 0 radical (unpaired) electrons. The number of likely N-dealkylation sites (tertiary alicyclic amines) is 1. The van der Waals surface area contributed by atoms with Gasteiger partial charge in [0, 0.05) is 49.1 Å². The number of hydrogen-bond acceptors (Lipinski definition) is 8. The van der Waals surface area contributed by atoms with Gasteiger partial charge in [-0.05, 0) is 42.9 Å². The van der Waals surface area contributed by atoms with Gasteiger partial charge in [0.25, 0.3) is 5.91 Å². The van der Waals surface area contributed by atoms with Crippen LogP contribution in [-0.2, 0) is 10.4 Å². The number of nitrogens with zero attached hydrogens (tertiary/aromatic N) is 4. The normalized spacial score (nSPS) is 30.3. The quantitative estimate of drug-likeness (QED) is 0.518. The van der Waals surface area contributed by atoms with Gasteiger partial charge < -0.3 is 20.4 Å². The highest BCUT2D eigenvalue weighted by atomic mass is 32.1. The van der Waals surface area contributed by atoms with Gasteiger partial charge in [-0.15, -0.1) is 11.3 Å². The Morgan fingerprint density at radius 2 is 2.06 bits per heavy atom. The van der Waals surface area contributed by atoms with E-state index < -0.39 is 5.60 Å². The van der Waals surface area contributed by atoms with Crippen LogP contribution in [0.25, 0.3) is 22.0 Å². The van der Waals surface area contributed by atoms with Crippen LogP contribution in [0, 0.1) is 11.8 Å². The fourth-order valence-electron chi connectivity index (χ4n) is 5.77. The number of anilines is 1. The van der Waals surface area contributed by atoms with Crippen LogP contribution in [-0.4, -0.2) is 61.7 Å². The first-order valence-electron chi connectivity index (χ1n) is 11.7. The number of carbonyl (C=O) groups excluding carboxylic acids is 1. The molecular weight excluding hydrogens is 450 g/mol. The summed E-state index contributed by atoms with van der Waals surface area (Å²) >= 11 is 1.50. The summed E-state index contributed by atoms with van der Waals surface area (Å²) in [6.07, 6.45) is 4.92. The summed E-state index contributed by atoms with van der Waals surface area (Å²) in [5.41, 5.74) is 1.45. The molecule has 3 aromatic rings. The van der Waals surface area contributed by atoms with Crippen molar-refractivity contribution in [3.63, 3.8) is 0 Å². The topological polar surface area (TPSA) is 111 Å². The molecule has 2 aromatic heterocycles. The molecule has 34 heavy (non-hydrogen) atoms. The van der Waals surface area contributed by atoms with Crippen molar-refractivity contribution >= 4 is 23.2 Å². The lowest BCUT2D eigenvalue weighted by molar-refractivity contribution is -0.143. The van der Waals surface area contributed by atoms with Crippen molar-refractivity contribution in [2.75, 3.05) is 18.9 Å². The molecule has 9 heteroatoms. The fraction of sp³-hybridized carbons (Fsp3) is 0.440. The Balaban J connectivity index is 1.23. The van der Waals surface area contributed by atoms with Crippen molar-refractivity contribution in [2.24, 2.45) is 11.8 Å². The monoisotopic (exact) mass is 477 g/mol. The van der Waals surface area contributed by atoms with Gasteiger partial charge in [0.2, 0.25) is 5.95 Å². The third kappa shape index (κ3) is 3.59. The predicted molar refractivity (Wildman–Crippen MR) is 129 cm³/mol. The Labute approximate surface area is 201 Å². The molecular formula is C25H27N5O3S. The average Bonchev–Trinajstić information content (AvgIpc) is 3.62. The number of benzene rings is 1. The molecule has 3 fully saturated rings. The minimum absolute atomic E-state index is 0.209. The van der Waals surface area contributed by atoms with E-state index in [2.05, 4.69) is 15.3 Å². The van der Waals surface area contributed by atoms with Gasteiger partial charge in [-0.25, -0.2) is 15.0 Å². The van der Waals surface area contributed by atoms with E-state index in [0.717, 1.165) is 41.2 Å². The van der Waals surface area contributed by atoms with E-state index in [9.17, 15) is 15.0 Å². The van der Waals surface area contributed by atoms with Gasteiger partial charge in [0.15, 0.2) is 5.60 Å². The number of nitrogens with one attached hydrogen (secondary N) is 1. The lowest BCUT2D eigenvalue weighted by Gasteiger charge is -2.26. The minimum atomic E-state index is -1.48. The fourth-order valence-corrected chi connectivity index (χ4v) is 6.58. The number of hydrogen-bond donors (Lipinski definition) is 3. The highest BCUT2D eigenvalue weighted by Crippen LogP contribution is 2.45. The SMILES string of the molecule is CN1CCC(O)(c2cccc(-c3nc(-c4ccnc(NC5CC6CC(O)C5C6)n4)cs3)c2)C1=O. The summed E-state index contributed by atoms with van der Waals surface area (Å²) in [5.74, 6) is 1.16. The molecule has 2 aliphatic carbocycles. The lowest BCUT2D eigenvalue weighted by Crippen LogP contribution is -2.36.